The molecule has 1 aromatic rings. The van der Waals surface area contributed by atoms with Gasteiger partial charge in [-0.3, -0.25) is 10.1 Å². The Balaban J connectivity index is 1.57. The number of hydrogen-bond donors (Lipinski definition) is 2. The molecule has 2 saturated carbocycles. The Morgan fingerprint density at radius 2 is 2.09 bits per heavy atom. The second-order valence-corrected chi connectivity index (χ2v) is 10.8. The summed E-state index contributed by atoms with van der Waals surface area (Å²) >= 11 is 0. The lowest BCUT2D eigenvalue weighted by molar-refractivity contribution is -0.384. The Morgan fingerprint density at radius 3 is 2.74 bits per heavy atom. The van der Waals surface area contributed by atoms with Crippen LogP contribution >= 0.6 is 0 Å². The number of aryl methyl sites for hydroxylation is 1. The molecular formula is C27H35NO7. The number of nitro benzene ring substituents is 1. The van der Waals surface area contributed by atoms with Crippen LogP contribution < -0.4 is 4.74 Å². The standard InChI is InChI=1S/C27H35NO7/c1-16-5-10-23-26(3,12-11-24(30)27(23,4)15-29)20(16)8-7-19-22(14-34-25(19)31)35-21-9-6-18(28(32)33)13-17(21)2/h6-7,9,13,20,22-24,29-30H,1,5,8,10-12,14-15H2,2-4H3/b19-7+/t20?,22-,23+,24?,26+,27+/m1/s1. The summed E-state index contributed by atoms with van der Waals surface area (Å²) in [7, 11) is 0. The predicted molar refractivity (Wildman–Crippen MR) is 130 cm³/mol. The Bertz CT molecular complexity index is 1070. The third-order valence-corrected chi connectivity index (χ3v) is 8.85. The van der Waals surface area contributed by atoms with Crippen LogP contribution in [0.1, 0.15) is 51.5 Å². The number of esters is 1. The van der Waals surface area contributed by atoms with Gasteiger partial charge in [0.25, 0.3) is 5.69 Å². The van der Waals surface area contributed by atoms with Gasteiger partial charge in [0.2, 0.25) is 0 Å². The van der Waals surface area contributed by atoms with Crippen molar-refractivity contribution in [1.82, 2.24) is 0 Å². The van der Waals surface area contributed by atoms with Gasteiger partial charge in [-0.05, 0) is 67.9 Å². The topological polar surface area (TPSA) is 119 Å². The molecule has 1 heterocycles. The first-order valence-electron chi connectivity index (χ1n) is 12.3. The van der Waals surface area contributed by atoms with Crippen LogP contribution in [0.5, 0.6) is 5.75 Å². The first-order valence-corrected chi connectivity index (χ1v) is 12.3. The van der Waals surface area contributed by atoms with Crippen molar-refractivity contribution in [3.8, 4) is 5.75 Å². The number of carbonyl (C=O) groups is 1. The maximum Gasteiger partial charge on any atom is 0.337 e. The highest BCUT2D eigenvalue weighted by atomic mass is 16.6. The minimum absolute atomic E-state index is 0.0181. The second-order valence-electron chi connectivity index (χ2n) is 10.8. The molecule has 8 nitrogen and oxygen atoms in total. The number of rotatable bonds is 6. The van der Waals surface area contributed by atoms with Crippen LogP contribution in [0.4, 0.5) is 5.69 Å². The molecule has 0 radical (unpaired) electrons. The molecule has 6 atom stereocenters. The minimum atomic E-state index is -0.598. The van der Waals surface area contributed by atoms with Gasteiger partial charge in [0, 0.05) is 17.5 Å². The number of hydrogen-bond acceptors (Lipinski definition) is 7. The van der Waals surface area contributed by atoms with Crippen molar-refractivity contribution in [2.45, 2.75) is 65.1 Å². The maximum absolute atomic E-state index is 12.6. The van der Waals surface area contributed by atoms with Gasteiger partial charge in [-0.15, -0.1) is 0 Å². The molecule has 1 saturated heterocycles. The normalized spacial score (nSPS) is 36.1. The highest BCUT2D eigenvalue weighted by molar-refractivity contribution is 5.91. The lowest BCUT2D eigenvalue weighted by Crippen LogP contribution is -2.57. The fraction of sp³-hybridized carbons (Fsp3) is 0.593. The SMILES string of the molecule is C=C1CC[C@H]2[C@@](C)(CCC(O)[C@@]2(C)CO)C1C/C=C1/C(=O)OC[C@H]1Oc1ccc([N+](=O)[O-])cc1C. The second kappa shape index (κ2) is 9.39. The summed E-state index contributed by atoms with van der Waals surface area (Å²) in [6.07, 6.45) is 4.50. The van der Waals surface area contributed by atoms with E-state index < -0.39 is 28.5 Å². The van der Waals surface area contributed by atoms with Gasteiger partial charge < -0.3 is 19.7 Å². The smallest absolute Gasteiger partial charge is 0.337 e. The van der Waals surface area contributed by atoms with Crippen molar-refractivity contribution in [3.63, 3.8) is 0 Å². The molecule has 1 aromatic carbocycles. The van der Waals surface area contributed by atoms with E-state index in [9.17, 15) is 25.1 Å². The van der Waals surface area contributed by atoms with E-state index in [2.05, 4.69) is 13.5 Å². The average molecular weight is 486 g/mol. The fourth-order valence-corrected chi connectivity index (χ4v) is 6.68. The molecule has 35 heavy (non-hydrogen) atoms. The molecular weight excluding hydrogens is 450 g/mol. The summed E-state index contributed by atoms with van der Waals surface area (Å²) < 4.78 is 11.3. The van der Waals surface area contributed by atoms with Crippen LogP contribution in [0.3, 0.4) is 0 Å². The first kappa shape index (κ1) is 25.4. The third-order valence-electron chi connectivity index (χ3n) is 8.85. The number of carbonyl (C=O) groups excluding carboxylic acids is 1. The first-order chi connectivity index (χ1) is 16.5. The molecule has 2 N–H and O–H groups in total. The van der Waals surface area contributed by atoms with E-state index in [1.54, 1.807) is 13.0 Å². The van der Waals surface area contributed by atoms with Gasteiger partial charge in [0.1, 0.15) is 12.4 Å². The van der Waals surface area contributed by atoms with Crippen LogP contribution in [0, 0.1) is 39.7 Å². The van der Waals surface area contributed by atoms with Gasteiger partial charge >= 0.3 is 5.97 Å². The molecule has 2 aliphatic carbocycles. The summed E-state index contributed by atoms with van der Waals surface area (Å²) in [5.74, 6) is 0.293. The summed E-state index contributed by atoms with van der Waals surface area (Å²) in [5, 5.41) is 31.9. The van der Waals surface area contributed by atoms with E-state index in [1.165, 1.54) is 12.1 Å². The Morgan fingerprint density at radius 1 is 1.34 bits per heavy atom. The monoisotopic (exact) mass is 485 g/mol. The van der Waals surface area contributed by atoms with E-state index >= 15 is 0 Å². The molecule has 0 amide bonds. The van der Waals surface area contributed by atoms with Crippen molar-refractivity contribution in [2.24, 2.45) is 22.7 Å². The van der Waals surface area contributed by atoms with Crippen molar-refractivity contribution in [2.75, 3.05) is 13.2 Å². The number of aliphatic hydroxyl groups excluding tert-OH is 2. The molecule has 8 heteroatoms. The number of benzene rings is 1. The molecule has 0 aromatic heterocycles. The molecule has 0 bridgehead atoms. The molecule has 4 rings (SSSR count). The molecule has 190 valence electrons. The van der Waals surface area contributed by atoms with E-state index in [0.29, 0.717) is 29.7 Å². The van der Waals surface area contributed by atoms with Crippen LogP contribution in [0.15, 0.2) is 42.0 Å². The zero-order valence-corrected chi connectivity index (χ0v) is 20.7. The third kappa shape index (κ3) is 4.38. The molecule has 2 unspecified atom stereocenters. The van der Waals surface area contributed by atoms with E-state index in [1.807, 2.05) is 13.0 Å². The summed E-state index contributed by atoms with van der Waals surface area (Å²) in [6, 6.07) is 4.37. The van der Waals surface area contributed by atoms with Gasteiger partial charge in [0.05, 0.1) is 23.2 Å². The predicted octanol–water partition coefficient (Wildman–Crippen LogP) is 4.27. The number of nitrogens with zero attached hydrogens (tertiary/aromatic N) is 1. The van der Waals surface area contributed by atoms with E-state index in [0.717, 1.165) is 24.8 Å². The van der Waals surface area contributed by atoms with Gasteiger partial charge in [-0.1, -0.05) is 32.1 Å². The Kier molecular flexibility index (Phi) is 6.81. The van der Waals surface area contributed by atoms with Crippen LogP contribution in [-0.2, 0) is 9.53 Å². The number of non-ortho nitro benzene ring substituents is 1. The van der Waals surface area contributed by atoms with Crippen LogP contribution in [0.25, 0.3) is 0 Å². The largest absolute Gasteiger partial charge is 0.482 e. The summed E-state index contributed by atoms with van der Waals surface area (Å²) in [4.78, 5) is 23.1. The van der Waals surface area contributed by atoms with Gasteiger partial charge in [-0.25, -0.2) is 4.79 Å². The average Bonchev–Trinajstić information content (AvgIpc) is 3.16. The number of cyclic esters (lactones) is 1. The lowest BCUT2D eigenvalue weighted by Gasteiger charge is -2.59. The Labute approximate surface area is 205 Å². The number of fused-ring (bicyclic) bond motifs is 1. The number of allylic oxidation sites excluding steroid dienone is 2. The zero-order valence-electron chi connectivity index (χ0n) is 20.7. The van der Waals surface area contributed by atoms with Crippen molar-refractivity contribution >= 4 is 11.7 Å². The summed E-state index contributed by atoms with van der Waals surface area (Å²) in [5.41, 5.74) is 1.45. The maximum atomic E-state index is 12.6. The minimum Gasteiger partial charge on any atom is -0.482 e. The van der Waals surface area contributed by atoms with Crippen molar-refractivity contribution in [3.05, 3.63) is 57.7 Å². The molecule has 0 spiro atoms. The van der Waals surface area contributed by atoms with E-state index in [4.69, 9.17) is 9.47 Å². The number of ether oxygens (including phenoxy) is 2. The molecule has 3 aliphatic rings. The highest BCUT2D eigenvalue weighted by Gasteiger charge is 2.57. The molecule has 1 aliphatic heterocycles. The lowest BCUT2D eigenvalue weighted by atomic mass is 9.46. The zero-order chi connectivity index (χ0) is 25.5. The van der Waals surface area contributed by atoms with Gasteiger partial charge in [-0.2, -0.15) is 0 Å². The quantitative estimate of drug-likeness (QED) is 0.203. The van der Waals surface area contributed by atoms with Gasteiger partial charge in [0.15, 0.2) is 6.10 Å². The molecule has 3 fully saturated rings. The number of aliphatic hydroxyl groups is 2. The van der Waals surface area contributed by atoms with Crippen LogP contribution in [-0.4, -0.2) is 46.5 Å². The fourth-order valence-electron chi connectivity index (χ4n) is 6.68. The van der Waals surface area contributed by atoms with Crippen molar-refractivity contribution < 1.29 is 29.4 Å². The van der Waals surface area contributed by atoms with E-state index in [-0.39, 0.29) is 36.2 Å². The number of nitro groups is 1. The van der Waals surface area contributed by atoms with Crippen molar-refractivity contribution in [1.29, 1.82) is 0 Å². The Hall–Kier alpha value is -2.71. The highest BCUT2D eigenvalue weighted by Crippen LogP contribution is 2.61. The summed E-state index contributed by atoms with van der Waals surface area (Å²) in [6.45, 7) is 10.3. The van der Waals surface area contributed by atoms with Crippen LogP contribution in [0.2, 0.25) is 0 Å².